The fraction of sp³-hybridized carbons (Fsp3) is 0.278. The Labute approximate surface area is 156 Å². The molecule has 0 bridgehead atoms. The minimum Gasteiger partial charge on any atom is -0.329 e. The van der Waals surface area contributed by atoms with Crippen LogP contribution in [0.15, 0.2) is 47.5 Å². The second-order valence-electron chi connectivity index (χ2n) is 6.26. The zero-order valence-electron chi connectivity index (χ0n) is 14.3. The lowest BCUT2D eigenvalue weighted by molar-refractivity contribution is 0.0636. The van der Waals surface area contributed by atoms with E-state index in [2.05, 4.69) is 15.4 Å². The van der Waals surface area contributed by atoms with Gasteiger partial charge < -0.3 is 15.2 Å². The van der Waals surface area contributed by atoms with E-state index >= 15 is 0 Å². The number of piperazine rings is 1. The number of nitrogens with zero attached hydrogens (tertiary/aromatic N) is 3. The van der Waals surface area contributed by atoms with Gasteiger partial charge in [-0.05, 0) is 6.07 Å². The first kappa shape index (κ1) is 18.2. The lowest BCUT2D eigenvalue weighted by Crippen LogP contribution is -2.48. The van der Waals surface area contributed by atoms with E-state index < -0.39 is 0 Å². The molecular weight excluding hydrogens is 354 g/mol. The normalized spacial score (nSPS) is 17.1. The molecule has 2 aromatic heterocycles. The molecule has 0 spiro atoms. The van der Waals surface area contributed by atoms with Crippen LogP contribution in [0.25, 0.3) is 10.9 Å². The van der Waals surface area contributed by atoms with Gasteiger partial charge in [0.15, 0.2) is 0 Å². The van der Waals surface area contributed by atoms with E-state index in [1.807, 2.05) is 42.4 Å². The van der Waals surface area contributed by atoms with Crippen LogP contribution in [0, 0.1) is 0 Å². The van der Waals surface area contributed by atoms with E-state index in [0.29, 0.717) is 24.2 Å². The summed E-state index contributed by atoms with van der Waals surface area (Å²) in [4.78, 5) is 29.9. The SMILES string of the molecule is Cl.Cn1cc(C2CNCCN2C(=O)c2cc(=O)[nH]c3ccccc23)cn1. The number of para-hydroxylation sites is 1. The molecule has 1 saturated heterocycles. The molecule has 1 amide bonds. The first-order chi connectivity index (χ1) is 12.1. The van der Waals surface area contributed by atoms with Gasteiger partial charge in [-0.2, -0.15) is 5.10 Å². The van der Waals surface area contributed by atoms with Crippen LogP contribution >= 0.6 is 12.4 Å². The lowest BCUT2D eigenvalue weighted by Gasteiger charge is -2.36. The Morgan fingerprint density at radius 3 is 2.88 bits per heavy atom. The van der Waals surface area contributed by atoms with Gasteiger partial charge in [-0.3, -0.25) is 14.3 Å². The van der Waals surface area contributed by atoms with Crippen LogP contribution in [0.4, 0.5) is 0 Å². The summed E-state index contributed by atoms with van der Waals surface area (Å²) in [6, 6.07) is 8.67. The molecule has 26 heavy (non-hydrogen) atoms. The Morgan fingerprint density at radius 1 is 1.31 bits per heavy atom. The summed E-state index contributed by atoms with van der Waals surface area (Å²) in [5.74, 6) is -0.127. The molecule has 3 heterocycles. The fourth-order valence-corrected chi connectivity index (χ4v) is 3.39. The number of carbonyl (C=O) groups excluding carboxylic acids is 1. The lowest BCUT2D eigenvalue weighted by atomic mass is 10.0. The molecule has 1 aromatic carbocycles. The third kappa shape index (κ3) is 3.23. The maximum absolute atomic E-state index is 13.3. The highest BCUT2D eigenvalue weighted by Gasteiger charge is 2.30. The summed E-state index contributed by atoms with van der Waals surface area (Å²) in [7, 11) is 1.86. The van der Waals surface area contributed by atoms with Gasteiger partial charge in [0.2, 0.25) is 5.56 Å². The first-order valence-electron chi connectivity index (χ1n) is 8.26. The third-order valence-corrected chi connectivity index (χ3v) is 4.59. The second kappa shape index (κ2) is 7.31. The molecule has 0 saturated carbocycles. The average Bonchev–Trinajstić information content (AvgIpc) is 3.06. The van der Waals surface area contributed by atoms with Crippen molar-refractivity contribution >= 4 is 29.2 Å². The van der Waals surface area contributed by atoms with E-state index in [-0.39, 0.29) is 29.9 Å². The second-order valence-corrected chi connectivity index (χ2v) is 6.26. The maximum atomic E-state index is 13.3. The van der Waals surface area contributed by atoms with Gasteiger partial charge in [-0.1, -0.05) is 18.2 Å². The molecule has 8 heteroatoms. The molecular formula is C18H20ClN5O2. The molecule has 2 N–H and O–H groups in total. The topological polar surface area (TPSA) is 83.0 Å². The maximum Gasteiger partial charge on any atom is 0.255 e. The zero-order chi connectivity index (χ0) is 17.4. The highest BCUT2D eigenvalue weighted by molar-refractivity contribution is 6.06. The number of fused-ring (bicyclic) bond motifs is 1. The van der Waals surface area contributed by atoms with Crippen LogP contribution in [0.5, 0.6) is 0 Å². The molecule has 136 valence electrons. The van der Waals surface area contributed by atoms with Crippen LogP contribution in [-0.2, 0) is 7.05 Å². The molecule has 4 rings (SSSR count). The molecule has 1 unspecified atom stereocenters. The van der Waals surface area contributed by atoms with Gasteiger partial charge in [0.25, 0.3) is 5.91 Å². The summed E-state index contributed by atoms with van der Waals surface area (Å²) >= 11 is 0. The number of hydrogen-bond donors (Lipinski definition) is 2. The summed E-state index contributed by atoms with van der Waals surface area (Å²) < 4.78 is 1.73. The van der Waals surface area contributed by atoms with E-state index in [0.717, 1.165) is 17.5 Å². The van der Waals surface area contributed by atoms with Crippen molar-refractivity contribution < 1.29 is 4.79 Å². The number of pyridine rings is 1. The largest absolute Gasteiger partial charge is 0.329 e. The van der Waals surface area contributed by atoms with E-state index in [1.54, 1.807) is 10.9 Å². The standard InChI is InChI=1S/C18H19N5O2.ClH/c1-22-11-12(9-20-22)16-10-19-6-7-23(16)18(25)14-8-17(24)21-15-5-3-2-4-13(14)15;/h2-5,8-9,11,16,19H,6-7,10H2,1H3,(H,21,24);1H. The number of benzene rings is 1. The predicted octanol–water partition coefficient (Wildman–Crippen LogP) is 1.47. The van der Waals surface area contributed by atoms with Crippen LogP contribution in [0.3, 0.4) is 0 Å². The Kier molecular flexibility index (Phi) is 5.11. The van der Waals surface area contributed by atoms with Gasteiger partial charge in [0, 0.05) is 55.4 Å². The number of rotatable bonds is 2. The van der Waals surface area contributed by atoms with Crippen molar-refractivity contribution in [3.8, 4) is 0 Å². The minimum atomic E-state index is -0.268. The molecule has 1 atom stereocenters. The zero-order valence-corrected chi connectivity index (χ0v) is 15.1. The number of carbonyl (C=O) groups is 1. The van der Waals surface area contributed by atoms with E-state index in [4.69, 9.17) is 0 Å². The highest BCUT2D eigenvalue weighted by Crippen LogP contribution is 2.25. The van der Waals surface area contributed by atoms with Gasteiger partial charge >= 0.3 is 0 Å². The highest BCUT2D eigenvalue weighted by atomic mass is 35.5. The van der Waals surface area contributed by atoms with Crippen molar-refractivity contribution in [2.45, 2.75) is 6.04 Å². The number of aryl methyl sites for hydroxylation is 1. The Hall–Kier alpha value is -2.64. The van der Waals surface area contributed by atoms with Crippen molar-refractivity contribution in [3.05, 3.63) is 64.2 Å². The number of aromatic amines is 1. The Bertz CT molecular complexity index is 996. The molecule has 7 nitrogen and oxygen atoms in total. The molecule has 1 aliphatic rings. The van der Waals surface area contributed by atoms with Crippen molar-refractivity contribution in [2.75, 3.05) is 19.6 Å². The van der Waals surface area contributed by atoms with E-state index in [1.165, 1.54) is 6.07 Å². The molecule has 1 fully saturated rings. The molecule has 0 aliphatic carbocycles. The van der Waals surface area contributed by atoms with Crippen LogP contribution in [0.2, 0.25) is 0 Å². The van der Waals surface area contributed by atoms with Gasteiger partial charge in [-0.25, -0.2) is 0 Å². The summed E-state index contributed by atoms with van der Waals surface area (Å²) in [5, 5.41) is 8.31. The number of aromatic nitrogens is 3. The number of nitrogens with one attached hydrogen (secondary N) is 2. The van der Waals surface area contributed by atoms with Crippen molar-refractivity contribution in [2.24, 2.45) is 7.05 Å². The number of amides is 1. The predicted molar refractivity (Wildman–Crippen MR) is 102 cm³/mol. The van der Waals surface area contributed by atoms with Crippen molar-refractivity contribution in [1.82, 2.24) is 25.0 Å². The number of halogens is 1. The van der Waals surface area contributed by atoms with Crippen LogP contribution < -0.4 is 10.9 Å². The molecule has 1 aliphatic heterocycles. The van der Waals surface area contributed by atoms with Crippen LogP contribution in [0.1, 0.15) is 22.0 Å². The number of H-pyrrole nitrogens is 1. The fourth-order valence-electron chi connectivity index (χ4n) is 3.39. The number of hydrogen-bond acceptors (Lipinski definition) is 4. The monoisotopic (exact) mass is 373 g/mol. The minimum absolute atomic E-state index is 0. The average molecular weight is 374 g/mol. The quantitative estimate of drug-likeness (QED) is 0.712. The van der Waals surface area contributed by atoms with Gasteiger partial charge in [0.05, 0.1) is 17.8 Å². The van der Waals surface area contributed by atoms with Gasteiger partial charge in [0.1, 0.15) is 0 Å². The summed E-state index contributed by atoms with van der Waals surface area (Å²) in [5.41, 5.74) is 1.83. The van der Waals surface area contributed by atoms with Crippen LogP contribution in [-0.4, -0.2) is 45.2 Å². The summed E-state index contributed by atoms with van der Waals surface area (Å²) in [6.07, 6.45) is 3.71. The molecule has 0 radical (unpaired) electrons. The van der Waals surface area contributed by atoms with Crippen molar-refractivity contribution in [3.63, 3.8) is 0 Å². The van der Waals surface area contributed by atoms with Gasteiger partial charge in [-0.15, -0.1) is 12.4 Å². The smallest absolute Gasteiger partial charge is 0.255 e. The molecule has 3 aromatic rings. The Morgan fingerprint density at radius 2 is 2.12 bits per heavy atom. The third-order valence-electron chi connectivity index (χ3n) is 4.59. The Balaban J connectivity index is 0.00000196. The summed E-state index contributed by atoms with van der Waals surface area (Å²) in [6.45, 7) is 1.97. The van der Waals surface area contributed by atoms with E-state index in [9.17, 15) is 9.59 Å². The first-order valence-corrected chi connectivity index (χ1v) is 8.26. The van der Waals surface area contributed by atoms with Crippen molar-refractivity contribution in [1.29, 1.82) is 0 Å².